The molecule has 0 unspecified atom stereocenters. The number of aliphatic hydroxyl groups excluding tert-OH is 2. The van der Waals surface area contributed by atoms with Gasteiger partial charge < -0.3 is 20.4 Å². The molecule has 0 fully saturated rings. The normalized spacial score (nSPS) is 11.0. The van der Waals surface area contributed by atoms with E-state index in [0.717, 1.165) is 22.5 Å². The van der Waals surface area contributed by atoms with Gasteiger partial charge in [0.25, 0.3) is 0 Å². The smallest absolute Gasteiger partial charge is 0.0713 e. The van der Waals surface area contributed by atoms with E-state index in [1.54, 1.807) is 10.9 Å². The standard InChI is InChI=1S/C22H29N5O2/c1-17-3-5-21(19(13-17)15-23-8-11-28)26(10-12-29)16-20-14-18(2)4-6-22(20)27-9-7-24-25-27/h3-7,9,13-14,23,28-29H,8,10-12,15-16H2,1-2H3. The molecule has 3 aromatic rings. The lowest BCUT2D eigenvalue weighted by molar-refractivity contribution is 0.292. The fraction of sp³-hybridized carbons (Fsp3) is 0.364. The lowest BCUT2D eigenvalue weighted by atomic mass is 10.1. The zero-order valence-electron chi connectivity index (χ0n) is 17.0. The maximum Gasteiger partial charge on any atom is 0.0713 e. The van der Waals surface area contributed by atoms with Crippen molar-refractivity contribution < 1.29 is 10.2 Å². The molecule has 0 aliphatic rings. The van der Waals surface area contributed by atoms with Crippen LogP contribution in [0.25, 0.3) is 5.69 Å². The second-order valence-corrected chi connectivity index (χ2v) is 7.16. The van der Waals surface area contributed by atoms with Crippen LogP contribution in [-0.4, -0.2) is 51.5 Å². The van der Waals surface area contributed by atoms with Gasteiger partial charge in [-0.3, -0.25) is 0 Å². The molecule has 3 rings (SSSR count). The van der Waals surface area contributed by atoms with Crippen molar-refractivity contribution in [2.45, 2.75) is 26.9 Å². The first kappa shape index (κ1) is 21.0. The summed E-state index contributed by atoms with van der Waals surface area (Å²) in [7, 11) is 0. The SMILES string of the molecule is Cc1ccc(N(CCO)Cc2cc(C)ccc2-n2ccnn2)c(CNCCO)c1. The number of hydrogen-bond acceptors (Lipinski definition) is 6. The van der Waals surface area contributed by atoms with Crippen LogP contribution in [0.2, 0.25) is 0 Å². The van der Waals surface area contributed by atoms with Crippen LogP contribution in [0.15, 0.2) is 48.8 Å². The Labute approximate surface area is 171 Å². The van der Waals surface area contributed by atoms with Crippen molar-refractivity contribution in [2.75, 3.05) is 31.2 Å². The van der Waals surface area contributed by atoms with Crippen LogP contribution < -0.4 is 10.2 Å². The number of aromatic nitrogens is 3. The predicted octanol–water partition coefficient (Wildman–Crippen LogP) is 1.96. The maximum atomic E-state index is 9.73. The maximum absolute atomic E-state index is 9.73. The summed E-state index contributed by atoms with van der Waals surface area (Å²) in [5.41, 5.74) is 6.64. The van der Waals surface area contributed by atoms with Gasteiger partial charge in [-0.2, -0.15) is 0 Å². The fourth-order valence-corrected chi connectivity index (χ4v) is 3.48. The molecule has 0 aliphatic carbocycles. The highest BCUT2D eigenvalue weighted by Crippen LogP contribution is 2.26. The number of aliphatic hydroxyl groups is 2. The van der Waals surface area contributed by atoms with Crippen molar-refractivity contribution in [3.8, 4) is 5.69 Å². The van der Waals surface area contributed by atoms with E-state index in [-0.39, 0.29) is 13.2 Å². The van der Waals surface area contributed by atoms with Crippen LogP contribution in [0.3, 0.4) is 0 Å². The highest BCUT2D eigenvalue weighted by atomic mass is 16.3. The molecule has 1 aromatic heterocycles. The van der Waals surface area contributed by atoms with Crippen molar-refractivity contribution >= 4 is 5.69 Å². The second kappa shape index (κ2) is 10.2. The average Bonchev–Trinajstić information content (AvgIpc) is 3.23. The van der Waals surface area contributed by atoms with Gasteiger partial charge in [0.1, 0.15) is 0 Å². The molecular weight excluding hydrogens is 366 g/mol. The summed E-state index contributed by atoms with van der Waals surface area (Å²) in [4.78, 5) is 2.19. The Hall–Kier alpha value is -2.74. The molecule has 0 aliphatic heterocycles. The van der Waals surface area contributed by atoms with Gasteiger partial charge >= 0.3 is 0 Å². The Bertz CT molecular complexity index is 912. The molecule has 29 heavy (non-hydrogen) atoms. The Morgan fingerprint density at radius 3 is 2.45 bits per heavy atom. The van der Waals surface area contributed by atoms with E-state index in [0.29, 0.717) is 26.2 Å². The number of nitrogens with zero attached hydrogens (tertiary/aromatic N) is 4. The molecule has 0 saturated heterocycles. The van der Waals surface area contributed by atoms with Crippen molar-refractivity contribution in [1.82, 2.24) is 20.3 Å². The molecule has 7 heteroatoms. The van der Waals surface area contributed by atoms with Gasteiger partial charge in [0.05, 0.1) is 31.3 Å². The van der Waals surface area contributed by atoms with E-state index in [9.17, 15) is 5.11 Å². The lowest BCUT2D eigenvalue weighted by Gasteiger charge is -2.28. The largest absolute Gasteiger partial charge is 0.395 e. The van der Waals surface area contributed by atoms with Crippen LogP contribution in [0, 0.1) is 13.8 Å². The third kappa shape index (κ3) is 5.41. The van der Waals surface area contributed by atoms with Crippen molar-refractivity contribution in [3.05, 3.63) is 71.0 Å². The van der Waals surface area contributed by atoms with Crippen molar-refractivity contribution in [3.63, 3.8) is 0 Å². The molecule has 3 N–H and O–H groups in total. The van der Waals surface area contributed by atoms with E-state index >= 15 is 0 Å². The molecule has 0 radical (unpaired) electrons. The number of anilines is 1. The van der Waals surface area contributed by atoms with Gasteiger partial charge in [-0.1, -0.05) is 40.6 Å². The zero-order valence-corrected chi connectivity index (χ0v) is 17.0. The minimum Gasteiger partial charge on any atom is -0.395 e. The van der Waals surface area contributed by atoms with E-state index in [1.165, 1.54) is 11.1 Å². The Kier molecular flexibility index (Phi) is 7.35. The van der Waals surface area contributed by atoms with Gasteiger partial charge in [-0.05, 0) is 37.1 Å². The molecule has 0 bridgehead atoms. The molecule has 0 spiro atoms. The summed E-state index contributed by atoms with van der Waals surface area (Å²) in [5, 5.41) is 30.1. The third-order valence-electron chi connectivity index (χ3n) is 4.82. The highest BCUT2D eigenvalue weighted by Gasteiger charge is 2.15. The molecule has 2 aromatic carbocycles. The summed E-state index contributed by atoms with van der Waals surface area (Å²) in [5.74, 6) is 0. The minimum atomic E-state index is 0.0574. The monoisotopic (exact) mass is 395 g/mol. The summed E-state index contributed by atoms with van der Waals surface area (Å²) in [6.45, 7) is 6.65. The van der Waals surface area contributed by atoms with Crippen LogP contribution in [0.4, 0.5) is 5.69 Å². The summed E-state index contributed by atoms with van der Waals surface area (Å²) >= 11 is 0. The van der Waals surface area contributed by atoms with Gasteiger partial charge in [0.15, 0.2) is 0 Å². The first-order valence-corrected chi connectivity index (χ1v) is 9.85. The van der Waals surface area contributed by atoms with Gasteiger partial charge in [-0.15, -0.1) is 5.10 Å². The number of benzene rings is 2. The van der Waals surface area contributed by atoms with Gasteiger partial charge in [0, 0.05) is 31.9 Å². The molecular formula is C22H29N5O2. The van der Waals surface area contributed by atoms with Crippen molar-refractivity contribution in [1.29, 1.82) is 0 Å². The highest BCUT2D eigenvalue weighted by molar-refractivity contribution is 5.56. The van der Waals surface area contributed by atoms with E-state index in [1.807, 2.05) is 6.20 Å². The van der Waals surface area contributed by atoms with E-state index in [4.69, 9.17) is 5.11 Å². The molecule has 154 valence electrons. The molecule has 1 heterocycles. The van der Waals surface area contributed by atoms with Crippen molar-refractivity contribution in [2.24, 2.45) is 0 Å². The quantitative estimate of drug-likeness (QED) is 0.455. The second-order valence-electron chi connectivity index (χ2n) is 7.16. The summed E-state index contributed by atoms with van der Waals surface area (Å²) < 4.78 is 1.77. The molecule has 0 atom stereocenters. The van der Waals surface area contributed by atoms with Gasteiger partial charge in [0.2, 0.25) is 0 Å². The van der Waals surface area contributed by atoms with Crippen LogP contribution in [-0.2, 0) is 13.1 Å². The zero-order chi connectivity index (χ0) is 20.6. The molecule has 0 saturated carbocycles. The summed E-state index contributed by atoms with van der Waals surface area (Å²) in [6, 6.07) is 12.6. The first-order chi connectivity index (χ1) is 14.1. The first-order valence-electron chi connectivity index (χ1n) is 9.85. The van der Waals surface area contributed by atoms with Crippen LogP contribution >= 0.6 is 0 Å². The van der Waals surface area contributed by atoms with Gasteiger partial charge in [-0.25, -0.2) is 4.68 Å². The lowest BCUT2D eigenvalue weighted by Crippen LogP contribution is -2.29. The average molecular weight is 396 g/mol. The third-order valence-corrected chi connectivity index (χ3v) is 4.82. The number of hydrogen-bond donors (Lipinski definition) is 3. The minimum absolute atomic E-state index is 0.0574. The van der Waals surface area contributed by atoms with Crippen LogP contribution in [0.5, 0.6) is 0 Å². The number of nitrogens with one attached hydrogen (secondary N) is 1. The Balaban J connectivity index is 1.95. The fourth-order valence-electron chi connectivity index (χ4n) is 3.48. The molecule has 0 amide bonds. The number of aryl methyl sites for hydroxylation is 2. The number of rotatable bonds is 10. The van der Waals surface area contributed by atoms with Crippen LogP contribution in [0.1, 0.15) is 22.3 Å². The Morgan fingerprint density at radius 2 is 1.76 bits per heavy atom. The van der Waals surface area contributed by atoms with E-state index in [2.05, 4.69) is 70.8 Å². The predicted molar refractivity (Wildman–Crippen MR) is 114 cm³/mol. The topological polar surface area (TPSA) is 86.4 Å². The molecule has 7 nitrogen and oxygen atoms in total. The Morgan fingerprint density at radius 1 is 1.00 bits per heavy atom. The summed E-state index contributed by atoms with van der Waals surface area (Å²) in [6.07, 6.45) is 3.50. The van der Waals surface area contributed by atoms with E-state index < -0.39 is 0 Å².